The summed E-state index contributed by atoms with van der Waals surface area (Å²) in [7, 11) is 0. The third-order valence-electron chi connectivity index (χ3n) is 7.80. The lowest BCUT2D eigenvalue weighted by molar-refractivity contribution is -0.145. The third kappa shape index (κ3) is 4.94. The zero-order valence-electron chi connectivity index (χ0n) is 21.1. The fourth-order valence-electron chi connectivity index (χ4n) is 5.61. The maximum absolute atomic E-state index is 13.2. The number of aliphatic carboxylic acids is 1. The number of fused-ring (bicyclic) bond motifs is 1. The van der Waals surface area contributed by atoms with Crippen LogP contribution in [0.5, 0.6) is 0 Å². The Bertz CT molecular complexity index is 1560. The van der Waals surface area contributed by atoms with Crippen molar-refractivity contribution in [3.63, 3.8) is 0 Å². The van der Waals surface area contributed by atoms with Gasteiger partial charge in [-0.25, -0.2) is 0 Å². The van der Waals surface area contributed by atoms with Gasteiger partial charge in [-0.15, -0.1) is 0 Å². The van der Waals surface area contributed by atoms with Crippen molar-refractivity contribution in [2.45, 2.75) is 50.9 Å². The minimum Gasteiger partial charge on any atom is -0.481 e. The first-order valence-corrected chi connectivity index (χ1v) is 12.9. The number of nitrogens with zero attached hydrogens (tertiary/aromatic N) is 2. The smallest absolute Gasteiger partial charge is 0.416 e. The summed E-state index contributed by atoms with van der Waals surface area (Å²) in [5.41, 5.74) is 5.27. The minimum absolute atomic E-state index is 0.216. The highest BCUT2D eigenvalue weighted by molar-refractivity contribution is 5.72. The molecule has 6 nitrogen and oxygen atoms in total. The largest absolute Gasteiger partial charge is 0.481 e. The van der Waals surface area contributed by atoms with Crippen LogP contribution < -0.4 is 5.32 Å². The fraction of sp³-hybridized carbons (Fsp3) is 0.300. The molecule has 1 aromatic heterocycles. The Kier molecular flexibility index (Phi) is 6.26. The molecule has 0 spiro atoms. The molecule has 0 amide bonds. The SMILES string of the molecule is Cc1cc(-c2nc(-c3ccc4c(c3)CCC4NC3CC(C(=O)O)C3)no2)ccc1-c1cccc(C(F)(F)F)c1. The summed E-state index contributed by atoms with van der Waals surface area (Å²) in [6.07, 6.45) is -1.18. The third-order valence-corrected chi connectivity index (χ3v) is 7.80. The molecule has 1 fully saturated rings. The number of carboxylic acid groups (broad SMARTS) is 1. The van der Waals surface area contributed by atoms with Gasteiger partial charge in [0.25, 0.3) is 5.89 Å². The normalized spacial score (nSPS) is 20.5. The van der Waals surface area contributed by atoms with E-state index in [0.29, 0.717) is 41.2 Å². The predicted molar refractivity (Wildman–Crippen MR) is 139 cm³/mol. The molecular weight excluding hydrogens is 507 g/mol. The van der Waals surface area contributed by atoms with E-state index in [9.17, 15) is 18.0 Å². The Morgan fingerprint density at radius 2 is 1.82 bits per heavy atom. The van der Waals surface area contributed by atoms with Gasteiger partial charge in [-0.3, -0.25) is 4.79 Å². The van der Waals surface area contributed by atoms with Crippen molar-refractivity contribution in [2.75, 3.05) is 0 Å². The molecule has 9 heteroatoms. The summed E-state index contributed by atoms with van der Waals surface area (Å²) >= 11 is 0. The van der Waals surface area contributed by atoms with Crippen LogP contribution in [-0.2, 0) is 17.4 Å². The van der Waals surface area contributed by atoms with Crippen LogP contribution in [0.3, 0.4) is 0 Å². The summed E-state index contributed by atoms with van der Waals surface area (Å²) in [5.74, 6) is -0.154. The highest BCUT2D eigenvalue weighted by Crippen LogP contribution is 2.38. The number of carboxylic acids is 1. The van der Waals surface area contributed by atoms with E-state index in [1.54, 1.807) is 18.2 Å². The van der Waals surface area contributed by atoms with Crippen LogP contribution in [-0.4, -0.2) is 27.3 Å². The second kappa shape index (κ2) is 9.64. The minimum atomic E-state index is -4.40. The maximum atomic E-state index is 13.2. The lowest BCUT2D eigenvalue weighted by Gasteiger charge is -2.35. The van der Waals surface area contributed by atoms with Gasteiger partial charge >= 0.3 is 12.1 Å². The molecule has 3 aromatic carbocycles. The molecule has 6 rings (SSSR count). The summed E-state index contributed by atoms with van der Waals surface area (Å²) in [5, 5.41) is 16.9. The Labute approximate surface area is 222 Å². The molecule has 0 aliphatic heterocycles. The van der Waals surface area contributed by atoms with E-state index in [4.69, 9.17) is 9.63 Å². The van der Waals surface area contributed by atoms with E-state index in [-0.39, 0.29) is 18.0 Å². The first kappa shape index (κ1) is 25.3. The highest BCUT2D eigenvalue weighted by atomic mass is 19.4. The quantitative estimate of drug-likeness (QED) is 0.282. The van der Waals surface area contributed by atoms with Gasteiger partial charge in [0.1, 0.15) is 0 Å². The van der Waals surface area contributed by atoms with Crippen LogP contribution in [0, 0.1) is 12.8 Å². The zero-order valence-corrected chi connectivity index (χ0v) is 21.1. The Balaban J connectivity index is 1.18. The van der Waals surface area contributed by atoms with Gasteiger partial charge in [-0.2, -0.15) is 18.2 Å². The standard InChI is InChI=1S/C30H26F3N3O3/c1-16-11-20(6-8-24(16)17-3-2-4-22(13-17)30(31,32)33)28-35-27(36-39-28)19-5-9-25-18(12-19)7-10-26(25)34-23-14-21(15-23)29(37)38/h2-6,8-9,11-13,21,23,26,34H,7,10,14-15H2,1H3,(H,37,38). The van der Waals surface area contributed by atoms with Crippen LogP contribution in [0.2, 0.25) is 0 Å². The molecule has 4 aromatic rings. The second-order valence-electron chi connectivity index (χ2n) is 10.4. The number of alkyl halides is 3. The summed E-state index contributed by atoms with van der Waals surface area (Å²) in [6.45, 7) is 1.84. The van der Waals surface area contributed by atoms with Crippen molar-refractivity contribution >= 4 is 5.97 Å². The molecule has 39 heavy (non-hydrogen) atoms. The van der Waals surface area contributed by atoms with Gasteiger partial charge < -0.3 is 14.9 Å². The number of benzene rings is 3. The average molecular weight is 534 g/mol. The first-order chi connectivity index (χ1) is 18.7. The van der Waals surface area contributed by atoms with Gasteiger partial charge in [0.15, 0.2) is 0 Å². The summed E-state index contributed by atoms with van der Waals surface area (Å²) < 4.78 is 45.0. The topological polar surface area (TPSA) is 88.2 Å². The zero-order chi connectivity index (χ0) is 27.3. The fourth-order valence-corrected chi connectivity index (χ4v) is 5.61. The molecule has 1 heterocycles. The van der Waals surface area contributed by atoms with Crippen LogP contribution in [0.25, 0.3) is 34.0 Å². The molecule has 0 saturated heterocycles. The Morgan fingerprint density at radius 3 is 2.56 bits per heavy atom. The van der Waals surface area contributed by atoms with Crippen LogP contribution >= 0.6 is 0 Å². The van der Waals surface area contributed by atoms with Crippen molar-refractivity contribution < 1.29 is 27.6 Å². The van der Waals surface area contributed by atoms with Crippen LogP contribution in [0.1, 0.15) is 47.6 Å². The van der Waals surface area contributed by atoms with Crippen LogP contribution in [0.4, 0.5) is 13.2 Å². The summed E-state index contributed by atoms with van der Waals surface area (Å²) in [4.78, 5) is 15.7. The molecule has 2 aliphatic carbocycles. The van der Waals surface area contributed by atoms with E-state index in [0.717, 1.165) is 36.1 Å². The predicted octanol–water partition coefficient (Wildman–Crippen LogP) is 6.84. The van der Waals surface area contributed by atoms with E-state index < -0.39 is 17.7 Å². The van der Waals surface area contributed by atoms with Gasteiger partial charge in [0.05, 0.1) is 11.5 Å². The molecule has 2 aliphatic rings. The molecule has 0 bridgehead atoms. The van der Waals surface area contributed by atoms with Crippen LogP contribution in [0.15, 0.2) is 65.2 Å². The number of nitrogens with one attached hydrogen (secondary N) is 1. The van der Waals surface area contributed by atoms with Crippen molar-refractivity contribution in [1.82, 2.24) is 15.5 Å². The van der Waals surface area contributed by atoms with Crippen molar-refractivity contribution in [2.24, 2.45) is 5.92 Å². The van der Waals surface area contributed by atoms with E-state index in [1.165, 1.54) is 17.2 Å². The molecule has 2 N–H and O–H groups in total. The van der Waals surface area contributed by atoms with Crippen molar-refractivity contribution in [1.29, 1.82) is 0 Å². The van der Waals surface area contributed by atoms with E-state index in [1.807, 2.05) is 19.1 Å². The molecule has 1 atom stereocenters. The van der Waals surface area contributed by atoms with Crippen molar-refractivity contribution in [3.05, 3.63) is 82.9 Å². The molecule has 1 unspecified atom stereocenters. The number of carbonyl (C=O) groups is 1. The Morgan fingerprint density at radius 1 is 1.03 bits per heavy atom. The van der Waals surface area contributed by atoms with E-state index in [2.05, 4.69) is 27.6 Å². The highest BCUT2D eigenvalue weighted by Gasteiger charge is 2.37. The molecule has 1 saturated carbocycles. The van der Waals surface area contributed by atoms with Gasteiger partial charge in [-0.1, -0.05) is 35.5 Å². The maximum Gasteiger partial charge on any atom is 0.416 e. The molecule has 200 valence electrons. The number of aromatic nitrogens is 2. The number of hydrogen-bond donors (Lipinski definition) is 2. The lowest BCUT2D eigenvalue weighted by Crippen LogP contribution is -2.45. The first-order valence-electron chi connectivity index (χ1n) is 12.9. The molecule has 0 radical (unpaired) electrons. The number of halogens is 3. The average Bonchev–Trinajstić information content (AvgIpc) is 3.52. The lowest BCUT2D eigenvalue weighted by atomic mass is 9.80. The number of aryl methyl sites for hydroxylation is 2. The second-order valence-corrected chi connectivity index (χ2v) is 10.4. The molecular formula is C30H26F3N3O3. The monoisotopic (exact) mass is 533 g/mol. The summed E-state index contributed by atoms with van der Waals surface area (Å²) in [6, 6.07) is 17.2. The van der Waals surface area contributed by atoms with Gasteiger partial charge in [-0.05, 0) is 90.8 Å². The van der Waals surface area contributed by atoms with Crippen molar-refractivity contribution in [3.8, 4) is 34.0 Å². The Hall–Kier alpha value is -3.98. The number of rotatable bonds is 6. The number of hydrogen-bond acceptors (Lipinski definition) is 5. The van der Waals surface area contributed by atoms with E-state index >= 15 is 0 Å². The van der Waals surface area contributed by atoms with Gasteiger partial charge in [0.2, 0.25) is 5.82 Å². The van der Waals surface area contributed by atoms with Gasteiger partial charge in [0, 0.05) is 23.2 Å².